The number of rotatable bonds is 3. The molecule has 0 bridgehead atoms. The van der Waals surface area contributed by atoms with Crippen molar-refractivity contribution >= 4 is 5.69 Å². The molecular weight excluding hydrogens is 224 g/mol. The van der Waals surface area contributed by atoms with Crippen LogP contribution in [0.2, 0.25) is 0 Å². The van der Waals surface area contributed by atoms with Crippen LogP contribution in [0.25, 0.3) is 0 Å². The molecule has 1 saturated carbocycles. The highest BCUT2D eigenvalue weighted by atomic mass is 15.3. The maximum absolute atomic E-state index is 5.82. The molecule has 3 rings (SSSR count). The summed E-state index contributed by atoms with van der Waals surface area (Å²) >= 11 is 0. The molecule has 4 heteroatoms. The highest BCUT2D eigenvalue weighted by molar-refractivity contribution is 5.45. The normalized spacial score (nSPS) is 23.1. The Hall–Kier alpha value is -1.13. The van der Waals surface area contributed by atoms with Crippen molar-refractivity contribution in [2.24, 2.45) is 5.73 Å². The van der Waals surface area contributed by atoms with Gasteiger partial charge in [0.05, 0.1) is 17.6 Å². The summed E-state index contributed by atoms with van der Waals surface area (Å²) in [6.07, 6.45) is 4.78. The molecule has 1 atom stereocenters. The van der Waals surface area contributed by atoms with E-state index in [-0.39, 0.29) is 6.04 Å². The van der Waals surface area contributed by atoms with Gasteiger partial charge in [-0.15, -0.1) is 0 Å². The molecule has 2 aliphatic rings. The summed E-state index contributed by atoms with van der Waals surface area (Å²) in [5, 5.41) is 0. The van der Waals surface area contributed by atoms with Crippen LogP contribution in [0.1, 0.15) is 31.5 Å². The lowest BCUT2D eigenvalue weighted by Gasteiger charge is -2.36. The molecule has 1 aromatic rings. The molecule has 0 amide bonds. The maximum atomic E-state index is 5.82. The van der Waals surface area contributed by atoms with Crippen molar-refractivity contribution in [2.45, 2.75) is 31.8 Å². The van der Waals surface area contributed by atoms with E-state index in [1.165, 1.54) is 31.6 Å². The zero-order valence-electron chi connectivity index (χ0n) is 11.0. The molecule has 18 heavy (non-hydrogen) atoms. The minimum absolute atomic E-state index is 0.0192. The summed E-state index contributed by atoms with van der Waals surface area (Å²) in [6.45, 7) is 6.60. The molecule has 4 nitrogen and oxygen atoms in total. The third-order valence-electron chi connectivity index (χ3n) is 3.98. The summed E-state index contributed by atoms with van der Waals surface area (Å²) in [5.74, 6) is 0. The number of nitrogens with two attached hydrogens (primary N) is 1. The van der Waals surface area contributed by atoms with Gasteiger partial charge >= 0.3 is 0 Å². The molecule has 0 aromatic carbocycles. The lowest BCUT2D eigenvalue weighted by molar-refractivity contribution is 0.248. The van der Waals surface area contributed by atoms with Crippen molar-refractivity contribution in [2.75, 3.05) is 31.1 Å². The summed E-state index contributed by atoms with van der Waals surface area (Å²) in [4.78, 5) is 9.49. The maximum Gasteiger partial charge on any atom is 0.0569 e. The number of anilines is 1. The van der Waals surface area contributed by atoms with Crippen LogP contribution in [-0.4, -0.2) is 42.1 Å². The van der Waals surface area contributed by atoms with E-state index in [1.54, 1.807) is 0 Å². The average molecular weight is 246 g/mol. The standard InChI is InChI=1S/C14H22N4/c1-11(15)14-5-4-13(10-16-14)18-8-6-17(7-9-18)12-2-3-12/h4-5,10-12H,2-3,6-9,15H2,1H3/t11-/m1/s1. The van der Waals surface area contributed by atoms with Crippen LogP contribution in [0.3, 0.4) is 0 Å². The van der Waals surface area contributed by atoms with E-state index in [9.17, 15) is 0 Å². The Labute approximate surface area is 109 Å². The second-order valence-electron chi connectivity index (χ2n) is 5.48. The van der Waals surface area contributed by atoms with Crippen LogP contribution < -0.4 is 10.6 Å². The lowest BCUT2D eigenvalue weighted by atomic mass is 10.2. The van der Waals surface area contributed by atoms with Crippen LogP contribution in [0.15, 0.2) is 18.3 Å². The average Bonchev–Trinajstić information content (AvgIpc) is 3.23. The topological polar surface area (TPSA) is 45.4 Å². The van der Waals surface area contributed by atoms with E-state index >= 15 is 0 Å². The Balaban J connectivity index is 1.61. The fraction of sp³-hybridized carbons (Fsp3) is 0.643. The van der Waals surface area contributed by atoms with Gasteiger partial charge in [-0.1, -0.05) is 0 Å². The van der Waals surface area contributed by atoms with E-state index in [0.29, 0.717) is 0 Å². The van der Waals surface area contributed by atoms with Gasteiger partial charge in [-0.25, -0.2) is 0 Å². The van der Waals surface area contributed by atoms with Crippen molar-refractivity contribution in [3.63, 3.8) is 0 Å². The lowest BCUT2D eigenvalue weighted by Crippen LogP contribution is -2.47. The molecule has 1 aromatic heterocycles. The van der Waals surface area contributed by atoms with Crippen LogP contribution >= 0.6 is 0 Å². The van der Waals surface area contributed by atoms with Gasteiger partial charge in [0.2, 0.25) is 0 Å². The second-order valence-corrected chi connectivity index (χ2v) is 5.48. The van der Waals surface area contributed by atoms with Gasteiger partial charge in [0.25, 0.3) is 0 Å². The minimum atomic E-state index is 0.0192. The van der Waals surface area contributed by atoms with Crippen molar-refractivity contribution < 1.29 is 0 Å². The summed E-state index contributed by atoms with van der Waals surface area (Å²) in [6, 6.07) is 5.11. The van der Waals surface area contributed by atoms with Gasteiger partial charge in [-0.05, 0) is 31.9 Å². The zero-order chi connectivity index (χ0) is 12.5. The van der Waals surface area contributed by atoms with Gasteiger partial charge in [0.1, 0.15) is 0 Å². The molecule has 2 heterocycles. The molecule has 2 fully saturated rings. The first-order valence-corrected chi connectivity index (χ1v) is 6.94. The van der Waals surface area contributed by atoms with Crippen LogP contribution in [-0.2, 0) is 0 Å². The SMILES string of the molecule is C[C@@H](N)c1ccc(N2CCN(C3CC3)CC2)cn1. The molecular formula is C14H22N4. The Morgan fingerprint density at radius 3 is 2.44 bits per heavy atom. The van der Waals surface area contributed by atoms with Crippen molar-refractivity contribution in [1.29, 1.82) is 0 Å². The first-order valence-electron chi connectivity index (χ1n) is 6.94. The number of piperazine rings is 1. The fourth-order valence-electron chi connectivity index (χ4n) is 2.64. The van der Waals surface area contributed by atoms with Crippen molar-refractivity contribution in [1.82, 2.24) is 9.88 Å². The van der Waals surface area contributed by atoms with Crippen molar-refractivity contribution in [3.8, 4) is 0 Å². The molecule has 1 aliphatic heterocycles. The largest absolute Gasteiger partial charge is 0.368 e. The van der Waals surface area contributed by atoms with Crippen LogP contribution in [0, 0.1) is 0 Å². The first kappa shape index (κ1) is 11.9. The van der Waals surface area contributed by atoms with E-state index < -0.39 is 0 Å². The molecule has 1 aliphatic carbocycles. The highest BCUT2D eigenvalue weighted by Crippen LogP contribution is 2.28. The van der Waals surface area contributed by atoms with Crippen LogP contribution in [0.5, 0.6) is 0 Å². The third-order valence-corrected chi connectivity index (χ3v) is 3.98. The molecule has 98 valence electrons. The number of hydrogen-bond donors (Lipinski definition) is 1. The molecule has 1 saturated heterocycles. The Kier molecular flexibility index (Phi) is 3.22. The molecule has 2 N–H and O–H groups in total. The Morgan fingerprint density at radius 1 is 1.22 bits per heavy atom. The zero-order valence-corrected chi connectivity index (χ0v) is 11.0. The molecule has 0 radical (unpaired) electrons. The van der Waals surface area contributed by atoms with E-state index in [2.05, 4.69) is 20.9 Å². The van der Waals surface area contributed by atoms with E-state index in [0.717, 1.165) is 24.8 Å². The number of aromatic nitrogens is 1. The smallest absolute Gasteiger partial charge is 0.0569 e. The molecule has 0 unspecified atom stereocenters. The Morgan fingerprint density at radius 2 is 1.94 bits per heavy atom. The van der Waals surface area contributed by atoms with Gasteiger partial charge in [-0.2, -0.15) is 0 Å². The number of hydrogen-bond acceptors (Lipinski definition) is 4. The molecule has 0 spiro atoms. The predicted molar refractivity (Wildman–Crippen MR) is 73.6 cm³/mol. The van der Waals surface area contributed by atoms with Gasteiger partial charge in [0, 0.05) is 38.3 Å². The Bertz CT molecular complexity index is 389. The van der Waals surface area contributed by atoms with Gasteiger partial charge in [0.15, 0.2) is 0 Å². The summed E-state index contributed by atoms with van der Waals surface area (Å²) in [5.41, 5.74) is 8.02. The van der Waals surface area contributed by atoms with E-state index in [4.69, 9.17) is 5.73 Å². The van der Waals surface area contributed by atoms with Gasteiger partial charge in [-0.3, -0.25) is 9.88 Å². The summed E-state index contributed by atoms with van der Waals surface area (Å²) in [7, 11) is 0. The third kappa shape index (κ3) is 2.49. The monoisotopic (exact) mass is 246 g/mol. The van der Waals surface area contributed by atoms with Gasteiger partial charge < -0.3 is 10.6 Å². The minimum Gasteiger partial charge on any atom is -0.368 e. The summed E-state index contributed by atoms with van der Waals surface area (Å²) < 4.78 is 0. The predicted octanol–water partition coefficient (Wildman–Crippen LogP) is 1.39. The number of pyridine rings is 1. The van der Waals surface area contributed by atoms with Crippen LogP contribution in [0.4, 0.5) is 5.69 Å². The highest BCUT2D eigenvalue weighted by Gasteiger charge is 2.31. The quantitative estimate of drug-likeness (QED) is 0.875. The van der Waals surface area contributed by atoms with Crippen molar-refractivity contribution in [3.05, 3.63) is 24.0 Å². The second kappa shape index (κ2) is 4.86. The fourth-order valence-corrected chi connectivity index (χ4v) is 2.64. The van der Waals surface area contributed by atoms with E-state index in [1.807, 2.05) is 19.2 Å². The number of nitrogens with zero attached hydrogens (tertiary/aromatic N) is 3. The first-order chi connectivity index (χ1) is 8.74.